The third-order valence-electron chi connectivity index (χ3n) is 4.38. The molecule has 0 saturated carbocycles. The zero-order valence-electron chi connectivity index (χ0n) is 16.5. The molecule has 0 saturated heterocycles. The average Bonchev–Trinajstić information content (AvgIpc) is 2.98. The Morgan fingerprint density at radius 3 is 2.57 bits per heavy atom. The molecule has 0 fully saturated rings. The zero-order valence-corrected chi connectivity index (χ0v) is 18.9. The van der Waals surface area contributed by atoms with Crippen molar-refractivity contribution in [1.82, 2.24) is 9.88 Å². The van der Waals surface area contributed by atoms with Crippen LogP contribution in [0.25, 0.3) is 10.2 Å². The van der Waals surface area contributed by atoms with Crippen molar-refractivity contribution in [2.45, 2.75) is 20.3 Å². The summed E-state index contributed by atoms with van der Waals surface area (Å²) in [5, 5.41) is 1.43. The van der Waals surface area contributed by atoms with E-state index in [2.05, 4.69) is 11.0 Å². The highest BCUT2D eigenvalue weighted by Crippen LogP contribution is 2.33. The van der Waals surface area contributed by atoms with Gasteiger partial charge < -0.3 is 4.90 Å². The Labute approximate surface area is 181 Å². The van der Waals surface area contributed by atoms with Crippen LogP contribution in [0.2, 0.25) is 5.02 Å². The molecule has 0 radical (unpaired) electrons. The second kappa shape index (κ2) is 9.70. The summed E-state index contributed by atoms with van der Waals surface area (Å²) in [4.78, 5) is 21.7. The van der Waals surface area contributed by atoms with Gasteiger partial charge in [-0.05, 0) is 51.2 Å². The molecule has 2 aromatic carbocycles. The molecule has 0 unspecified atom stereocenters. The van der Waals surface area contributed by atoms with Gasteiger partial charge in [-0.25, -0.2) is 4.98 Å². The average molecular weight is 438 g/mol. The first-order valence-corrected chi connectivity index (χ1v) is 10.1. The third kappa shape index (κ3) is 5.45. The van der Waals surface area contributed by atoms with Gasteiger partial charge in [0.05, 0.1) is 16.6 Å². The summed E-state index contributed by atoms with van der Waals surface area (Å²) >= 11 is 7.71. The fourth-order valence-corrected chi connectivity index (χ4v) is 4.44. The molecule has 1 amide bonds. The van der Waals surface area contributed by atoms with Gasteiger partial charge in [0.25, 0.3) is 0 Å². The number of nitrogens with zero attached hydrogens (tertiary/aromatic N) is 3. The Morgan fingerprint density at radius 1 is 1.14 bits per heavy atom. The van der Waals surface area contributed by atoms with Crippen molar-refractivity contribution in [3.8, 4) is 0 Å². The van der Waals surface area contributed by atoms with Gasteiger partial charge in [-0.15, -0.1) is 12.4 Å². The lowest BCUT2D eigenvalue weighted by atomic mass is 10.1. The van der Waals surface area contributed by atoms with Gasteiger partial charge in [-0.2, -0.15) is 0 Å². The quantitative estimate of drug-likeness (QED) is 0.536. The molecule has 0 bridgehead atoms. The van der Waals surface area contributed by atoms with Crippen LogP contribution >= 0.6 is 35.3 Å². The molecular weight excluding hydrogens is 413 g/mol. The lowest BCUT2D eigenvalue weighted by molar-refractivity contribution is -0.118. The summed E-state index contributed by atoms with van der Waals surface area (Å²) in [7, 11) is 4.01. The van der Waals surface area contributed by atoms with E-state index < -0.39 is 0 Å². The topological polar surface area (TPSA) is 36.4 Å². The number of amides is 1. The van der Waals surface area contributed by atoms with Gasteiger partial charge in [-0.3, -0.25) is 9.69 Å². The van der Waals surface area contributed by atoms with E-state index in [1.54, 1.807) is 4.90 Å². The molecule has 4 nitrogen and oxygen atoms in total. The predicted molar refractivity (Wildman–Crippen MR) is 122 cm³/mol. The van der Waals surface area contributed by atoms with E-state index >= 15 is 0 Å². The lowest BCUT2D eigenvalue weighted by Crippen LogP contribution is -2.37. The summed E-state index contributed by atoms with van der Waals surface area (Å²) in [5.41, 5.74) is 4.12. The number of aromatic nitrogens is 1. The second-order valence-corrected chi connectivity index (χ2v) is 8.53. The summed E-state index contributed by atoms with van der Waals surface area (Å²) in [6.07, 6.45) is 0.366. The molecule has 0 aliphatic rings. The summed E-state index contributed by atoms with van der Waals surface area (Å²) in [5.74, 6) is 0.0604. The predicted octanol–water partition coefficient (Wildman–Crippen LogP) is 5.13. The van der Waals surface area contributed by atoms with Crippen LogP contribution in [-0.2, 0) is 11.2 Å². The summed E-state index contributed by atoms with van der Waals surface area (Å²) in [6.45, 7) is 5.41. The highest BCUT2D eigenvalue weighted by atomic mass is 35.5. The molecular formula is C21H25Cl2N3OS. The van der Waals surface area contributed by atoms with Crippen molar-refractivity contribution in [2.24, 2.45) is 0 Å². The Balaban J connectivity index is 0.00000280. The first-order valence-electron chi connectivity index (χ1n) is 8.91. The molecule has 0 N–H and O–H groups in total. The largest absolute Gasteiger partial charge is 0.308 e. The van der Waals surface area contributed by atoms with Gasteiger partial charge in [0.15, 0.2) is 5.13 Å². The van der Waals surface area contributed by atoms with Gasteiger partial charge in [0.2, 0.25) is 5.91 Å². The summed E-state index contributed by atoms with van der Waals surface area (Å²) in [6, 6.07) is 11.9. The molecule has 3 aromatic rings. The van der Waals surface area contributed by atoms with Crippen LogP contribution in [-0.4, -0.2) is 43.0 Å². The molecule has 7 heteroatoms. The fourth-order valence-electron chi connectivity index (χ4n) is 2.98. The van der Waals surface area contributed by atoms with E-state index in [0.29, 0.717) is 18.0 Å². The minimum atomic E-state index is 0. The SMILES string of the molecule is Cc1cccc(CC(=O)N(CCN(C)C)c2nc3c(C)cc(Cl)cc3s2)c1.Cl. The van der Waals surface area contributed by atoms with E-state index in [0.717, 1.165) is 38.6 Å². The maximum absolute atomic E-state index is 13.1. The third-order valence-corrected chi connectivity index (χ3v) is 5.62. The minimum absolute atomic E-state index is 0. The van der Waals surface area contributed by atoms with Crippen LogP contribution in [0.4, 0.5) is 5.13 Å². The molecule has 28 heavy (non-hydrogen) atoms. The second-order valence-electron chi connectivity index (χ2n) is 7.08. The standard InChI is InChI=1S/C21H24ClN3OS.ClH/c1-14-6-5-7-16(10-14)12-19(26)25(9-8-24(3)4)21-23-20-15(2)11-17(22)13-18(20)27-21;/h5-7,10-11,13H,8-9,12H2,1-4H3;1H. The molecule has 0 atom stereocenters. The maximum Gasteiger partial charge on any atom is 0.233 e. The number of hydrogen-bond acceptors (Lipinski definition) is 4. The number of fused-ring (bicyclic) bond motifs is 1. The van der Waals surface area contributed by atoms with Gasteiger partial charge in [0, 0.05) is 18.1 Å². The number of benzene rings is 2. The number of aryl methyl sites for hydroxylation is 2. The number of carbonyl (C=O) groups is 1. The number of rotatable bonds is 6. The van der Waals surface area contributed by atoms with Crippen LogP contribution in [0.3, 0.4) is 0 Å². The van der Waals surface area contributed by atoms with Crippen molar-refractivity contribution in [3.05, 3.63) is 58.1 Å². The Morgan fingerprint density at radius 2 is 1.89 bits per heavy atom. The molecule has 0 spiro atoms. The number of anilines is 1. The van der Waals surface area contributed by atoms with E-state index in [1.807, 2.05) is 58.3 Å². The highest BCUT2D eigenvalue weighted by molar-refractivity contribution is 7.22. The van der Waals surface area contributed by atoms with E-state index in [1.165, 1.54) is 11.3 Å². The van der Waals surface area contributed by atoms with Crippen molar-refractivity contribution in [2.75, 3.05) is 32.1 Å². The van der Waals surface area contributed by atoms with Gasteiger partial charge in [-0.1, -0.05) is 52.8 Å². The Kier molecular flexibility index (Phi) is 7.84. The molecule has 0 aliphatic carbocycles. The van der Waals surface area contributed by atoms with Crippen molar-refractivity contribution < 1.29 is 4.79 Å². The Hall–Kier alpha value is -1.66. The van der Waals surface area contributed by atoms with Crippen molar-refractivity contribution in [1.29, 1.82) is 0 Å². The molecule has 1 heterocycles. The molecule has 150 valence electrons. The number of carbonyl (C=O) groups excluding carboxylic acids is 1. The fraction of sp³-hybridized carbons (Fsp3) is 0.333. The smallest absolute Gasteiger partial charge is 0.233 e. The van der Waals surface area contributed by atoms with Crippen LogP contribution < -0.4 is 4.90 Å². The molecule has 3 rings (SSSR count). The van der Waals surface area contributed by atoms with E-state index in [-0.39, 0.29) is 18.3 Å². The van der Waals surface area contributed by atoms with Gasteiger partial charge in [0.1, 0.15) is 0 Å². The number of hydrogen-bond donors (Lipinski definition) is 0. The van der Waals surface area contributed by atoms with Crippen LogP contribution in [0.1, 0.15) is 16.7 Å². The van der Waals surface area contributed by atoms with E-state index in [9.17, 15) is 4.79 Å². The van der Waals surface area contributed by atoms with Crippen LogP contribution in [0, 0.1) is 13.8 Å². The number of likely N-dealkylation sites (N-methyl/N-ethyl adjacent to an activating group) is 1. The van der Waals surface area contributed by atoms with Crippen molar-refractivity contribution >= 4 is 56.6 Å². The normalized spacial score (nSPS) is 10.9. The van der Waals surface area contributed by atoms with Crippen LogP contribution in [0.15, 0.2) is 36.4 Å². The number of halogens is 2. The summed E-state index contributed by atoms with van der Waals surface area (Å²) < 4.78 is 1.01. The number of thiazole rings is 1. The molecule has 1 aromatic heterocycles. The lowest BCUT2D eigenvalue weighted by Gasteiger charge is -2.22. The minimum Gasteiger partial charge on any atom is -0.308 e. The Bertz CT molecular complexity index is 971. The van der Waals surface area contributed by atoms with Crippen molar-refractivity contribution in [3.63, 3.8) is 0 Å². The first-order chi connectivity index (χ1) is 12.8. The highest BCUT2D eigenvalue weighted by Gasteiger charge is 2.21. The van der Waals surface area contributed by atoms with E-state index in [4.69, 9.17) is 16.6 Å². The van der Waals surface area contributed by atoms with Crippen LogP contribution in [0.5, 0.6) is 0 Å². The monoisotopic (exact) mass is 437 g/mol. The zero-order chi connectivity index (χ0) is 19.6. The van der Waals surface area contributed by atoms with Gasteiger partial charge >= 0.3 is 0 Å². The maximum atomic E-state index is 13.1. The molecule has 0 aliphatic heterocycles. The first kappa shape index (κ1) is 22.6.